The second kappa shape index (κ2) is 4.72. The first-order chi connectivity index (χ1) is 8.95. The summed E-state index contributed by atoms with van der Waals surface area (Å²) < 4.78 is 19.6. The summed E-state index contributed by atoms with van der Waals surface area (Å²) in [4.78, 5) is 22.6. The molecule has 1 N–H and O–H groups in total. The minimum absolute atomic E-state index is 0.236. The first-order valence-corrected chi connectivity index (χ1v) is 5.68. The summed E-state index contributed by atoms with van der Waals surface area (Å²) >= 11 is 0. The van der Waals surface area contributed by atoms with Gasteiger partial charge in [-0.05, 0) is 26.0 Å². The molecular formula is C13H12FNO4. The fraction of sp³-hybridized carbons (Fsp3) is 0.231. The molecular weight excluding hydrogens is 253 g/mol. The van der Waals surface area contributed by atoms with Crippen LogP contribution in [0.15, 0.2) is 23.1 Å². The molecule has 6 heteroatoms. The molecule has 2 rings (SSSR count). The van der Waals surface area contributed by atoms with Gasteiger partial charge >= 0.3 is 6.16 Å². The molecule has 0 atom stereocenters. The van der Waals surface area contributed by atoms with Gasteiger partial charge in [-0.2, -0.15) is 0 Å². The van der Waals surface area contributed by atoms with Gasteiger partial charge in [-0.15, -0.1) is 0 Å². The number of hydrogen-bond donors (Lipinski definition) is 1. The van der Waals surface area contributed by atoms with Crippen molar-refractivity contribution >= 4 is 17.1 Å². The van der Waals surface area contributed by atoms with Crippen molar-refractivity contribution in [1.82, 2.24) is 4.57 Å². The largest absolute Gasteiger partial charge is 0.511 e. The van der Waals surface area contributed by atoms with Crippen molar-refractivity contribution in [2.45, 2.75) is 20.4 Å². The van der Waals surface area contributed by atoms with Crippen molar-refractivity contribution in [3.63, 3.8) is 0 Å². The van der Waals surface area contributed by atoms with Crippen LogP contribution in [0.5, 0.6) is 5.75 Å². The van der Waals surface area contributed by atoms with E-state index < -0.39 is 17.4 Å². The van der Waals surface area contributed by atoms with E-state index in [2.05, 4.69) is 4.74 Å². The Labute approximate surface area is 107 Å². The molecule has 1 aromatic carbocycles. The van der Waals surface area contributed by atoms with Crippen molar-refractivity contribution in [3.05, 3.63) is 39.9 Å². The lowest BCUT2D eigenvalue weighted by Gasteiger charge is -2.13. The highest BCUT2D eigenvalue weighted by molar-refractivity contribution is 5.84. The van der Waals surface area contributed by atoms with E-state index in [1.165, 1.54) is 18.3 Å². The van der Waals surface area contributed by atoms with Gasteiger partial charge in [0.2, 0.25) is 5.43 Å². The number of rotatable bonds is 2. The van der Waals surface area contributed by atoms with Gasteiger partial charge in [-0.25, -0.2) is 9.18 Å². The lowest BCUT2D eigenvalue weighted by molar-refractivity contribution is 0.144. The molecule has 100 valence electrons. The molecule has 1 aromatic heterocycles. The van der Waals surface area contributed by atoms with E-state index in [0.29, 0.717) is 17.6 Å². The second-order valence-corrected chi connectivity index (χ2v) is 4.05. The quantitative estimate of drug-likeness (QED) is 0.847. The van der Waals surface area contributed by atoms with Gasteiger partial charge in [-0.3, -0.25) is 4.79 Å². The van der Waals surface area contributed by atoms with E-state index in [9.17, 15) is 14.0 Å². The fourth-order valence-electron chi connectivity index (χ4n) is 2.04. The van der Waals surface area contributed by atoms with Crippen LogP contribution < -0.4 is 10.2 Å². The number of nitrogens with zero attached hydrogens (tertiary/aromatic N) is 1. The molecule has 0 aliphatic heterocycles. The van der Waals surface area contributed by atoms with E-state index >= 15 is 0 Å². The van der Waals surface area contributed by atoms with Crippen molar-refractivity contribution in [2.24, 2.45) is 0 Å². The van der Waals surface area contributed by atoms with Crippen LogP contribution in [-0.4, -0.2) is 15.8 Å². The number of benzene rings is 1. The van der Waals surface area contributed by atoms with Gasteiger partial charge < -0.3 is 14.4 Å². The summed E-state index contributed by atoms with van der Waals surface area (Å²) in [6.07, 6.45) is -0.275. The molecule has 0 radical (unpaired) electrons. The zero-order valence-electron chi connectivity index (χ0n) is 10.4. The second-order valence-electron chi connectivity index (χ2n) is 4.05. The molecule has 5 nitrogen and oxygen atoms in total. The topological polar surface area (TPSA) is 68.5 Å². The van der Waals surface area contributed by atoms with Gasteiger partial charge in [0.15, 0.2) is 5.75 Å². The lowest BCUT2D eigenvalue weighted by Crippen LogP contribution is -2.16. The SMILES string of the molecule is CCn1cc(OC(=O)O)c(=O)c2ccc(F)c(C)c21. The molecule has 0 saturated carbocycles. The number of hydrogen-bond acceptors (Lipinski definition) is 3. The number of fused-ring (bicyclic) bond motifs is 1. The van der Waals surface area contributed by atoms with E-state index in [4.69, 9.17) is 5.11 Å². The summed E-state index contributed by atoms with van der Waals surface area (Å²) in [6, 6.07) is 2.52. The Hall–Kier alpha value is -2.37. The van der Waals surface area contributed by atoms with Gasteiger partial charge in [0.1, 0.15) is 5.82 Å². The van der Waals surface area contributed by atoms with Crippen LogP contribution in [0.1, 0.15) is 12.5 Å². The minimum Gasteiger partial charge on any atom is -0.449 e. The fourth-order valence-corrected chi connectivity index (χ4v) is 2.04. The molecule has 0 amide bonds. The van der Waals surface area contributed by atoms with Crippen LogP contribution in [0.3, 0.4) is 0 Å². The highest BCUT2D eigenvalue weighted by Gasteiger charge is 2.15. The number of ether oxygens (including phenoxy) is 1. The minimum atomic E-state index is -1.56. The maximum Gasteiger partial charge on any atom is 0.511 e. The number of carboxylic acid groups (broad SMARTS) is 1. The predicted molar refractivity (Wildman–Crippen MR) is 67.2 cm³/mol. The normalized spacial score (nSPS) is 10.7. The molecule has 0 saturated heterocycles. The molecule has 0 unspecified atom stereocenters. The first-order valence-electron chi connectivity index (χ1n) is 5.68. The number of aromatic nitrogens is 1. The predicted octanol–water partition coefficient (Wildman–Crippen LogP) is 2.53. The third kappa shape index (κ3) is 2.16. The lowest BCUT2D eigenvalue weighted by atomic mass is 10.1. The maximum absolute atomic E-state index is 13.6. The third-order valence-electron chi connectivity index (χ3n) is 2.93. The summed E-state index contributed by atoms with van der Waals surface area (Å²) in [5.41, 5.74) is 0.230. The van der Waals surface area contributed by atoms with Crippen molar-refractivity contribution in [1.29, 1.82) is 0 Å². The Morgan fingerprint density at radius 1 is 1.47 bits per heavy atom. The zero-order valence-corrected chi connectivity index (χ0v) is 10.4. The smallest absolute Gasteiger partial charge is 0.449 e. The van der Waals surface area contributed by atoms with Gasteiger partial charge in [0, 0.05) is 12.1 Å². The van der Waals surface area contributed by atoms with Crippen LogP contribution in [-0.2, 0) is 6.54 Å². The van der Waals surface area contributed by atoms with Gasteiger partial charge in [0.05, 0.1) is 17.1 Å². The Morgan fingerprint density at radius 3 is 2.74 bits per heavy atom. The van der Waals surface area contributed by atoms with Crippen LogP contribution in [0.25, 0.3) is 10.9 Å². The number of pyridine rings is 1. The van der Waals surface area contributed by atoms with Crippen molar-refractivity contribution in [2.75, 3.05) is 0 Å². The highest BCUT2D eigenvalue weighted by atomic mass is 19.1. The van der Waals surface area contributed by atoms with Gasteiger partial charge in [0.25, 0.3) is 0 Å². The van der Waals surface area contributed by atoms with Gasteiger partial charge in [-0.1, -0.05) is 0 Å². The average molecular weight is 265 g/mol. The Bertz CT molecular complexity index is 721. The Balaban J connectivity index is 2.87. The number of halogens is 1. The standard InChI is InChI=1S/C13H12FNO4/c1-3-15-6-10(19-13(17)18)12(16)8-4-5-9(14)7(2)11(8)15/h4-6H,3H2,1-2H3,(H,17,18). The molecule has 0 fully saturated rings. The molecule has 0 bridgehead atoms. The molecule has 0 aliphatic rings. The van der Waals surface area contributed by atoms with Crippen LogP contribution in [0.2, 0.25) is 0 Å². The van der Waals surface area contributed by atoms with Crippen LogP contribution in [0, 0.1) is 12.7 Å². The summed E-state index contributed by atoms with van der Waals surface area (Å²) in [5, 5.41) is 8.83. The highest BCUT2D eigenvalue weighted by Crippen LogP contribution is 2.21. The average Bonchev–Trinajstić information content (AvgIpc) is 2.36. The van der Waals surface area contributed by atoms with E-state index in [1.54, 1.807) is 18.4 Å². The molecule has 0 spiro atoms. The van der Waals surface area contributed by atoms with Crippen molar-refractivity contribution < 1.29 is 19.0 Å². The van der Waals surface area contributed by atoms with E-state index in [-0.39, 0.29) is 11.1 Å². The summed E-state index contributed by atoms with van der Waals surface area (Å²) in [6.45, 7) is 3.83. The number of carbonyl (C=O) groups is 1. The van der Waals surface area contributed by atoms with E-state index in [0.717, 1.165) is 0 Å². The summed E-state index contributed by atoms with van der Waals surface area (Å²) in [7, 11) is 0. The van der Waals surface area contributed by atoms with Crippen molar-refractivity contribution in [3.8, 4) is 5.75 Å². The number of aryl methyl sites for hydroxylation is 2. The Kier molecular flexibility index (Phi) is 3.25. The molecule has 19 heavy (non-hydrogen) atoms. The van der Waals surface area contributed by atoms with Crippen LogP contribution >= 0.6 is 0 Å². The molecule has 0 aliphatic carbocycles. The molecule has 1 heterocycles. The zero-order chi connectivity index (χ0) is 14.2. The molecule has 2 aromatic rings. The third-order valence-corrected chi connectivity index (χ3v) is 2.93. The first kappa shape index (κ1) is 13.1. The summed E-state index contributed by atoms with van der Waals surface area (Å²) in [5.74, 6) is -0.700. The van der Waals surface area contributed by atoms with Crippen LogP contribution in [0.4, 0.5) is 9.18 Å². The monoisotopic (exact) mass is 265 g/mol. The van der Waals surface area contributed by atoms with E-state index in [1.807, 2.05) is 0 Å². The maximum atomic E-state index is 13.6. The Morgan fingerprint density at radius 2 is 2.16 bits per heavy atom.